The van der Waals surface area contributed by atoms with Crippen molar-refractivity contribution < 1.29 is 14.6 Å². The molecule has 0 heterocycles. The highest BCUT2D eigenvalue weighted by Gasteiger charge is 2.01. The molecule has 0 aliphatic rings. The lowest BCUT2D eigenvalue weighted by molar-refractivity contribution is -0.129. The molecule has 4 heteroatoms. The first-order valence-corrected chi connectivity index (χ1v) is 2.61. The van der Waals surface area contributed by atoms with Crippen molar-refractivity contribution in [1.29, 1.82) is 0 Å². The number of aliphatic carboxylic acids is 1. The molecule has 0 aliphatic heterocycles. The molecule has 1 N–H and O–H groups in total. The number of nitrogens with zero attached hydrogens (tertiary/aromatic N) is 1. The first-order chi connectivity index (χ1) is 4.72. The van der Waals surface area contributed by atoms with E-state index >= 15 is 0 Å². The largest absolute Gasteiger partial charge is 0.504 e. The van der Waals surface area contributed by atoms with Crippen LogP contribution in [0.3, 0.4) is 0 Å². The second-order valence-electron chi connectivity index (χ2n) is 1.45. The van der Waals surface area contributed by atoms with Gasteiger partial charge in [-0.25, -0.2) is 4.79 Å². The molecule has 0 saturated heterocycles. The summed E-state index contributed by atoms with van der Waals surface area (Å²) in [4.78, 5) is 13.7. The van der Waals surface area contributed by atoms with Gasteiger partial charge in [0, 0.05) is 13.1 Å². The number of aliphatic imine (C=N–C) groups is 1. The molecule has 0 aliphatic carbocycles. The molecular formula is C6H9NO3. The summed E-state index contributed by atoms with van der Waals surface area (Å²) in [6.45, 7) is 0. The van der Waals surface area contributed by atoms with Crippen molar-refractivity contribution >= 4 is 11.7 Å². The van der Waals surface area contributed by atoms with Gasteiger partial charge >= 0.3 is 5.97 Å². The minimum atomic E-state index is -1.06. The molecule has 0 bridgehead atoms. The monoisotopic (exact) mass is 143 g/mol. The molecular weight excluding hydrogens is 134 g/mol. The summed E-state index contributed by atoms with van der Waals surface area (Å²) in [6.07, 6.45) is 2.54. The van der Waals surface area contributed by atoms with E-state index < -0.39 is 5.97 Å². The molecule has 0 fully saturated rings. The van der Waals surface area contributed by atoms with Crippen LogP contribution in [-0.4, -0.2) is 30.9 Å². The first kappa shape index (κ1) is 8.68. The first-order valence-electron chi connectivity index (χ1n) is 2.61. The predicted molar refractivity (Wildman–Crippen MR) is 37.1 cm³/mol. The Kier molecular flexibility index (Phi) is 3.95. The maximum Gasteiger partial charge on any atom is 0.354 e. The predicted octanol–water partition coefficient (Wildman–Crippen LogP) is 0.302. The number of carbonyl (C=O) groups is 1. The highest BCUT2D eigenvalue weighted by molar-refractivity contribution is 6.40. The summed E-state index contributed by atoms with van der Waals surface area (Å²) in [5.41, 5.74) is -0.0261. The summed E-state index contributed by atoms with van der Waals surface area (Å²) in [5, 5.41) is 8.36. The van der Waals surface area contributed by atoms with E-state index in [2.05, 4.69) is 9.73 Å². The van der Waals surface area contributed by atoms with Gasteiger partial charge in [0.2, 0.25) is 0 Å². The van der Waals surface area contributed by atoms with Gasteiger partial charge < -0.3 is 9.84 Å². The van der Waals surface area contributed by atoms with Gasteiger partial charge in [0.05, 0.1) is 13.4 Å². The number of carboxylic acid groups (broad SMARTS) is 1. The van der Waals surface area contributed by atoms with Crippen LogP contribution in [0.4, 0.5) is 0 Å². The van der Waals surface area contributed by atoms with Crippen LogP contribution in [0.25, 0.3) is 0 Å². The van der Waals surface area contributed by atoms with Crippen LogP contribution < -0.4 is 0 Å². The maximum atomic E-state index is 10.2. The number of rotatable bonds is 3. The molecule has 56 valence electrons. The number of hydrogen-bond donors (Lipinski definition) is 1. The molecule has 0 saturated carbocycles. The smallest absolute Gasteiger partial charge is 0.354 e. The van der Waals surface area contributed by atoms with Gasteiger partial charge in [0.1, 0.15) is 5.71 Å². The lowest BCUT2D eigenvalue weighted by Crippen LogP contribution is -2.09. The van der Waals surface area contributed by atoms with E-state index in [1.165, 1.54) is 26.5 Å². The van der Waals surface area contributed by atoms with E-state index in [1.807, 2.05) is 0 Å². The van der Waals surface area contributed by atoms with E-state index in [0.717, 1.165) is 0 Å². The van der Waals surface area contributed by atoms with E-state index in [0.29, 0.717) is 0 Å². The highest BCUT2D eigenvalue weighted by Crippen LogP contribution is 1.81. The molecule has 0 atom stereocenters. The van der Waals surface area contributed by atoms with Gasteiger partial charge in [-0.3, -0.25) is 4.99 Å². The fourth-order valence-electron chi connectivity index (χ4n) is 0.374. The van der Waals surface area contributed by atoms with Crippen LogP contribution >= 0.6 is 0 Å². The molecule has 10 heavy (non-hydrogen) atoms. The molecule has 0 radical (unpaired) electrons. The van der Waals surface area contributed by atoms with Crippen molar-refractivity contribution in [2.75, 3.05) is 14.2 Å². The molecule has 0 unspecified atom stereocenters. The van der Waals surface area contributed by atoms with Crippen LogP contribution in [0.1, 0.15) is 0 Å². The number of ether oxygens (including phenoxy) is 1. The highest BCUT2D eigenvalue weighted by atomic mass is 16.5. The second-order valence-corrected chi connectivity index (χ2v) is 1.45. The second kappa shape index (κ2) is 4.55. The molecule has 0 aromatic carbocycles. The Morgan fingerprint density at radius 2 is 2.30 bits per heavy atom. The van der Waals surface area contributed by atoms with Gasteiger partial charge in [0.15, 0.2) is 0 Å². The van der Waals surface area contributed by atoms with Crippen molar-refractivity contribution in [3.63, 3.8) is 0 Å². The van der Waals surface area contributed by atoms with Gasteiger partial charge in [-0.15, -0.1) is 0 Å². The Labute approximate surface area is 58.8 Å². The Bertz CT molecular complexity index is 172. The standard InChI is InChI=1S/C6H9NO3/c1-7-5(6(8)9)3-4-10-2/h3-4H,1-2H3,(H,8,9)/b4-3-,7-5+. The summed E-state index contributed by atoms with van der Waals surface area (Å²) in [5.74, 6) is -1.06. The van der Waals surface area contributed by atoms with Gasteiger partial charge in [-0.05, 0) is 0 Å². The lowest BCUT2D eigenvalue weighted by Gasteiger charge is -1.89. The zero-order valence-corrected chi connectivity index (χ0v) is 5.87. The number of carboxylic acids is 1. The third-order valence-corrected chi connectivity index (χ3v) is 0.822. The van der Waals surface area contributed by atoms with Crippen molar-refractivity contribution in [2.24, 2.45) is 4.99 Å². The van der Waals surface area contributed by atoms with Crippen LogP contribution in [0.15, 0.2) is 17.3 Å². The Hall–Kier alpha value is -1.32. The molecule has 0 spiro atoms. The number of hydrogen-bond acceptors (Lipinski definition) is 3. The van der Waals surface area contributed by atoms with Crippen molar-refractivity contribution in [3.8, 4) is 0 Å². The number of methoxy groups -OCH3 is 1. The Balaban J connectivity index is 4.12. The minimum absolute atomic E-state index is 0.0261. The quantitative estimate of drug-likeness (QED) is 0.456. The van der Waals surface area contributed by atoms with E-state index in [4.69, 9.17) is 5.11 Å². The summed E-state index contributed by atoms with van der Waals surface area (Å²) >= 11 is 0. The topological polar surface area (TPSA) is 58.9 Å². The van der Waals surface area contributed by atoms with E-state index in [9.17, 15) is 4.79 Å². The van der Waals surface area contributed by atoms with Gasteiger partial charge in [-0.1, -0.05) is 0 Å². The summed E-state index contributed by atoms with van der Waals surface area (Å²) in [6, 6.07) is 0. The normalized spacial score (nSPS) is 12.0. The fraction of sp³-hybridized carbons (Fsp3) is 0.333. The Morgan fingerprint density at radius 1 is 1.70 bits per heavy atom. The zero-order chi connectivity index (χ0) is 7.98. The van der Waals surface area contributed by atoms with Gasteiger partial charge in [-0.2, -0.15) is 0 Å². The van der Waals surface area contributed by atoms with Gasteiger partial charge in [0.25, 0.3) is 0 Å². The van der Waals surface area contributed by atoms with Crippen molar-refractivity contribution in [2.45, 2.75) is 0 Å². The SMILES string of the molecule is C/N=C(\C=C/OC)C(=O)O. The fourth-order valence-corrected chi connectivity index (χ4v) is 0.374. The average molecular weight is 143 g/mol. The van der Waals surface area contributed by atoms with Crippen LogP contribution in [0, 0.1) is 0 Å². The molecule has 0 aromatic rings. The molecule has 0 rings (SSSR count). The molecule has 0 aromatic heterocycles. The van der Waals surface area contributed by atoms with Crippen LogP contribution in [0.2, 0.25) is 0 Å². The van der Waals surface area contributed by atoms with Crippen LogP contribution in [0.5, 0.6) is 0 Å². The van der Waals surface area contributed by atoms with Crippen molar-refractivity contribution in [1.82, 2.24) is 0 Å². The summed E-state index contributed by atoms with van der Waals surface area (Å²) in [7, 11) is 2.84. The Morgan fingerprint density at radius 3 is 2.60 bits per heavy atom. The van der Waals surface area contributed by atoms with E-state index in [1.54, 1.807) is 0 Å². The average Bonchev–Trinajstić information content (AvgIpc) is 1.89. The molecule has 4 nitrogen and oxygen atoms in total. The third-order valence-electron chi connectivity index (χ3n) is 0.822. The summed E-state index contributed by atoms with van der Waals surface area (Å²) < 4.78 is 4.50. The third kappa shape index (κ3) is 2.86. The van der Waals surface area contributed by atoms with Crippen molar-refractivity contribution in [3.05, 3.63) is 12.3 Å². The minimum Gasteiger partial charge on any atom is -0.504 e. The molecule has 0 amide bonds. The maximum absolute atomic E-state index is 10.2. The zero-order valence-electron chi connectivity index (χ0n) is 5.87. The lowest BCUT2D eigenvalue weighted by atomic mass is 10.4. The van der Waals surface area contributed by atoms with Crippen LogP contribution in [-0.2, 0) is 9.53 Å². The van der Waals surface area contributed by atoms with E-state index in [-0.39, 0.29) is 5.71 Å².